The SMILES string of the molecule is CCCCOC(=O)c1cc(C(=O)OC)cc2c1O[C@@]1(C2)[C@H](C)CC[C@H](OC(C)=O)C1(C)C. The Morgan fingerprint density at radius 1 is 1.16 bits per heavy atom. The van der Waals surface area contributed by atoms with Crippen molar-refractivity contribution < 1.29 is 33.3 Å². The second-order valence-corrected chi connectivity index (χ2v) is 9.46. The highest BCUT2D eigenvalue weighted by Crippen LogP contribution is 2.57. The van der Waals surface area contributed by atoms with Gasteiger partial charge in [-0.2, -0.15) is 0 Å². The molecule has 3 atom stereocenters. The lowest BCUT2D eigenvalue weighted by atomic mass is 9.58. The molecule has 0 saturated heterocycles. The molecule has 3 rings (SSSR count). The number of unbranched alkanes of at least 4 members (excludes halogenated alkanes) is 1. The van der Waals surface area contributed by atoms with Crippen LogP contribution in [-0.2, 0) is 25.4 Å². The smallest absolute Gasteiger partial charge is 0.341 e. The lowest BCUT2D eigenvalue weighted by Crippen LogP contribution is -2.62. The number of ether oxygens (including phenoxy) is 4. The molecule has 1 aromatic carbocycles. The zero-order valence-corrected chi connectivity index (χ0v) is 19.9. The number of hydrogen-bond donors (Lipinski definition) is 0. The molecule has 0 radical (unpaired) electrons. The van der Waals surface area contributed by atoms with Crippen molar-refractivity contribution >= 4 is 17.9 Å². The van der Waals surface area contributed by atoms with Crippen molar-refractivity contribution in [1.29, 1.82) is 0 Å². The Balaban J connectivity index is 2.05. The average molecular weight is 447 g/mol. The normalized spacial score (nSPS) is 25.6. The van der Waals surface area contributed by atoms with Crippen LogP contribution in [0.4, 0.5) is 0 Å². The Kier molecular flexibility index (Phi) is 6.86. The van der Waals surface area contributed by atoms with E-state index in [1.54, 1.807) is 6.07 Å². The third-order valence-corrected chi connectivity index (χ3v) is 7.14. The summed E-state index contributed by atoms with van der Waals surface area (Å²) in [5.74, 6) is -0.776. The third kappa shape index (κ3) is 4.09. The van der Waals surface area contributed by atoms with Crippen LogP contribution in [0, 0.1) is 11.3 Å². The average Bonchev–Trinajstić information content (AvgIpc) is 3.15. The highest BCUT2D eigenvalue weighted by molar-refractivity contribution is 5.98. The van der Waals surface area contributed by atoms with Gasteiger partial charge in [-0.05, 0) is 42.9 Å². The Hall–Kier alpha value is -2.57. The summed E-state index contributed by atoms with van der Waals surface area (Å²) in [6.07, 6.45) is 3.39. The second kappa shape index (κ2) is 9.12. The van der Waals surface area contributed by atoms with Gasteiger partial charge in [0.15, 0.2) is 0 Å². The van der Waals surface area contributed by atoms with Crippen LogP contribution in [0.25, 0.3) is 0 Å². The van der Waals surface area contributed by atoms with E-state index in [9.17, 15) is 14.4 Å². The van der Waals surface area contributed by atoms with E-state index in [1.807, 2.05) is 20.8 Å². The van der Waals surface area contributed by atoms with E-state index < -0.39 is 23.0 Å². The van der Waals surface area contributed by atoms with Gasteiger partial charge in [-0.15, -0.1) is 0 Å². The molecule has 0 unspecified atom stereocenters. The number of hydrogen-bond acceptors (Lipinski definition) is 7. The Bertz CT molecular complexity index is 904. The number of esters is 3. The van der Waals surface area contributed by atoms with Crippen LogP contribution in [0.2, 0.25) is 0 Å². The predicted octanol–water partition coefficient (Wildman–Crippen LogP) is 4.49. The predicted molar refractivity (Wildman–Crippen MR) is 118 cm³/mol. The van der Waals surface area contributed by atoms with Gasteiger partial charge in [-0.3, -0.25) is 4.79 Å². The molecule has 0 aromatic heterocycles. The van der Waals surface area contributed by atoms with E-state index in [0.29, 0.717) is 18.8 Å². The minimum atomic E-state index is -0.694. The first-order valence-electron chi connectivity index (χ1n) is 11.4. The third-order valence-electron chi connectivity index (χ3n) is 7.14. The van der Waals surface area contributed by atoms with Gasteiger partial charge < -0.3 is 18.9 Å². The minimum absolute atomic E-state index is 0.141. The molecule has 176 valence electrons. The van der Waals surface area contributed by atoms with Gasteiger partial charge in [0.2, 0.25) is 0 Å². The van der Waals surface area contributed by atoms with Crippen molar-refractivity contribution in [3.63, 3.8) is 0 Å². The molecule has 1 spiro atoms. The highest BCUT2D eigenvalue weighted by atomic mass is 16.6. The molecular formula is C25H34O7. The van der Waals surface area contributed by atoms with Crippen LogP contribution in [0.1, 0.15) is 86.6 Å². The summed E-state index contributed by atoms with van der Waals surface area (Å²) in [4.78, 5) is 37.0. The molecule has 1 aromatic rings. The molecule has 7 nitrogen and oxygen atoms in total. The number of benzene rings is 1. The number of rotatable bonds is 6. The summed E-state index contributed by atoms with van der Waals surface area (Å²) < 4.78 is 22.7. The summed E-state index contributed by atoms with van der Waals surface area (Å²) in [6.45, 7) is 9.94. The maximum absolute atomic E-state index is 12.9. The van der Waals surface area contributed by atoms with E-state index >= 15 is 0 Å². The molecule has 1 aliphatic heterocycles. The molecule has 0 amide bonds. The fourth-order valence-corrected chi connectivity index (χ4v) is 5.16. The Labute approximate surface area is 189 Å². The van der Waals surface area contributed by atoms with E-state index in [1.165, 1.54) is 20.1 Å². The Morgan fingerprint density at radius 3 is 2.50 bits per heavy atom. The number of carbonyl (C=O) groups excluding carboxylic acids is 3. The molecule has 0 N–H and O–H groups in total. The summed E-state index contributed by atoms with van der Waals surface area (Å²) in [6, 6.07) is 3.22. The number of methoxy groups -OCH3 is 1. The fraction of sp³-hybridized carbons (Fsp3) is 0.640. The summed E-state index contributed by atoms with van der Waals surface area (Å²) in [5.41, 5.74) is 0.0600. The zero-order chi connectivity index (χ0) is 23.7. The van der Waals surface area contributed by atoms with E-state index in [4.69, 9.17) is 18.9 Å². The molecule has 1 fully saturated rings. The molecule has 0 bridgehead atoms. The van der Waals surface area contributed by atoms with Crippen LogP contribution in [0.3, 0.4) is 0 Å². The zero-order valence-electron chi connectivity index (χ0n) is 19.9. The first-order chi connectivity index (χ1) is 15.1. The van der Waals surface area contributed by atoms with Gasteiger partial charge in [-0.1, -0.05) is 34.1 Å². The minimum Gasteiger partial charge on any atom is -0.485 e. The van der Waals surface area contributed by atoms with Crippen molar-refractivity contribution in [2.75, 3.05) is 13.7 Å². The van der Waals surface area contributed by atoms with Gasteiger partial charge >= 0.3 is 17.9 Å². The van der Waals surface area contributed by atoms with Gasteiger partial charge in [0.05, 0.1) is 19.3 Å². The monoisotopic (exact) mass is 446 g/mol. The quantitative estimate of drug-likeness (QED) is 0.361. The number of fused-ring (bicyclic) bond motifs is 1. The summed E-state index contributed by atoms with van der Waals surface area (Å²) >= 11 is 0. The Morgan fingerprint density at radius 2 is 1.88 bits per heavy atom. The van der Waals surface area contributed by atoms with Gasteiger partial charge in [-0.25, -0.2) is 9.59 Å². The summed E-state index contributed by atoms with van der Waals surface area (Å²) in [7, 11) is 1.31. The van der Waals surface area contributed by atoms with Gasteiger partial charge in [0, 0.05) is 18.8 Å². The van der Waals surface area contributed by atoms with E-state index in [0.717, 1.165) is 31.2 Å². The first kappa shape index (κ1) is 24.1. The molecule has 32 heavy (non-hydrogen) atoms. The highest BCUT2D eigenvalue weighted by Gasteiger charge is 2.61. The van der Waals surface area contributed by atoms with Crippen molar-refractivity contribution in [2.24, 2.45) is 11.3 Å². The maximum Gasteiger partial charge on any atom is 0.341 e. The van der Waals surface area contributed by atoms with E-state index in [2.05, 4.69) is 6.92 Å². The van der Waals surface area contributed by atoms with Crippen molar-refractivity contribution in [2.45, 2.75) is 78.4 Å². The van der Waals surface area contributed by atoms with Crippen LogP contribution in [0.5, 0.6) is 5.75 Å². The molecule has 2 aliphatic rings. The largest absolute Gasteiger partial charge is 0.485 e. The first-order valence-corrected chi connectivity index (χ1v) is 11.4. The molecule has 1 aliphatic carbocycles. The lowest BCUT2D eigenvalue weighted by molar-refractivity contribution is -0.186. The van der Waals surface area contributed by atoms with E-state index in [-0.39, 0.29) is 29.1 Å². The van der Waals surface area contributed by atoms with Crippen molar-refractivity contribution in [1.82, 2.24) is 0 Å². The van der Waals surface area contributed by atoms with Crippen LogP contribution < -0.4 is 4.74 Å². The molecular weight excluding hydrogens is 412 g/mol. The number of carbonyl (C=O) groups is 3. The fourth-order valence-electron chi connectivity index (χ4n) is 5.16. The van der Waals surface area contributed by atoms with Gasteiger partial charge in [0.1, 0.15) is 23.0 Å². The van der Waals surface area contributed by atoms with Crippen molar-refractivity contribution in [3.8, 4) is 5.75 Å². The maximum atomic E-state index is 12.9. The molecule has 7 heteroatoms. The summed E-state index contributed by atoms with van der Waals surface area (Å²) in [5, 5.41) is 0. The standard InChI is InChI=1S/C25H34O7/c1-7-8-11-30-23(28)19-13-17(22(27)29-6)12-18-14-25(32-21(18)19)15(2)9-10-20(24(25,4)5)31-16(3)26/h12-13,15,20H,7-11,14H2,1-6H3/t15-,20+,25+/m1/s1. The molecule has 1 saturated carbocycles. The van der Waals surface area contributed by atoms with Crippen LogP contribution >= 0.6 is 0 Å². The van der Waals surface area contributed by atoms with Crippen molar-refractivity contribution in [3.05, 3.63) is 28.8 Å². The van der Waals surface area contributed by atoms with Gasteiger partial charge in [0.25, 0.3) is 0 Å². The van der Waals surface area contributed by atoms with Crippen LogP contribution in [0.15, 0.2) is 12.1 Å². The lowest BCUT2D eigenvalue weighted by Gasteiger charge is -2.54. The van der Waals surface area contributed by atoms with Crippen LogP contribution in [-0.4, -0.2) is 43.3 Å². The topological polar surface area (TPSA) is 88.1 Å². The molecule has 1 heterocycles. The second-order valence-electron chi connectivity index (χ2n) is 9.46.